The fourth-order valence-corrected chi connectivity index (χ4v) is 0.843. The van der Waals surface area contributed by atoms with Gasteiger partial charge in [-0.05, 0) is 0 Å². The van der Waals surface area contributed by atoms with Crippen LogP contribution in [0.3, 0.4) is 0 Å². The van der Waals surface area contributed by atoms with E-state index in [1.807, 2.05) is 21.1 Å². The Bertz CT molecular complexity index is 225. The number of nitrogens with zero attached hydrogens (tertiary/aromatic N) is 1. The third kappa shape index (κ3) is 13.4. The SMILES string of the molecule is C[N+](C)(C)CCOCC(=O)CCC(=O)O.[Cl-]. The molecule has 0 heterocycles. The van der Waals surface area contributed by atoms with Gasteiger partial charge >= 0.3 is 5.97 Å². The molecule has 0 aromatic carbocycles. The first kappa shape index (κ1) is 17.7. The molecule has 0 saturated heterocycles. The smallest absolute Gasteiger partial charge is 0.303 e. The molecule has 0 bridgehead atoms. The number of aliphatic carboxylic acids is 1. The van der Waals surface area contributed by atoms with E-state index in [9.17, 15) is 9.59 Å². The van der Waals surface area contributed by atoms with Gasteiger partial charge < -0.3 is 26.7 Å². The van der Waals surface area contributed by atoms with Gasteiger partial charge in [-0.1, -0.05) is 0 Å². The molecular weight excluding hydrogens is 234 g/mol. The fraction of sp³-hybridized carbons (Fsp3) is 0.800. The maximum Gasteiger partial charge on any atom is 0.303 e. The molecule has 16 heavy (non-hydrogen) atoms. The maximum atomic E-state index is 11.1. The Hall–Kier alpha value is -0.650. The van der Waals surface area contributed by atoms with E-state index in [1.54, 1.807) is 0 Å². The Morgan fingerprint density at radius 2 is 1.75 bits per heavy atom. The zero-order chi connectivity index (χ0) is 11.9. The lowest BCUT2D eigenvalue weighted by Gasteiger charge is -2.23. The number of carboxylic acid groups (broad SMARTS) is 1. The maximum absolute atomic E-state index is 11.1. The minimum atomic E-state index is -0.949. The summed E-state index contributed by atoms with van der Waals surface area (Å²) in [7, 11) is 6.11. The minimum absolute atomic E-state index is 0. The van der Waals surface area contributed by atoms with Gasteiger partial charge in [-0.15, -0.1) is 0 Å². The summed E-state index contributed by atoms with van der Waals surface area (Å²) in [6.45, 7) is 1.36. The number of quaternary nitrogens is 1. The van der Waals surface area contributed by atoms with Crippen molar-refractivity contribution in [3.05, 3.63) is 0 Å². The molecule has 1 N–H and O–H groups in total. The van der Waals surface area contributed by atoms with Gasteiger partial charge in [-0.3, -0.25) is 9.59 Å². The molecule has 0 aliphatic heterocycles. The van der Waals surface area contributed by atoms with Crippen LogP contribution < -0.4 is 12.4 Å². The van der Waals surface area contributed by atoms with Crippen LogP contribution in [-0.2, 0) is 14.3 Å². The van der Waals surface area contributed by atoms with E-state index >= 15 is 0 Å². The van der Waals surface area contributed by atoms with E-state index in [0.717, 1.165) is 11.0 Å². The molecule has 0 aromatic rings. The van der Waals surface area contributed by atoms with Crippen molar-refractivity contribution in [1.82, 2.24) is 0 Å². The number of carboxylic acids is 1. The molecule has 6 heteroatoms. The van der Waals surface area contributed by atoms with Gasteiger partial charge in [0.2, 0.25) is 0 Å². The molecular formula is C10H20ClNO4. The molecule has 0 amide bonds. The number of ether oxygens (including phenoxy) is 1. The van der Waals surface area contributed by atoms with Crippen molar-refractivity contribution in [3.8, 4) is 0 Å². The molecule has 0 spiro atoms. The summed E-state index contributed by atoms with van der Waals surface area (Å²) >= 11 is 0. The highest BCUT2D eigenvalue weighted by Gasteiger charge is 2.08. The molecule has 0 aliphatic rings. The van der Waals surface area contributed by atoms with Gasteiger partial charge in [0.1, 0.15) is 13.2 Å². The average Bonchev–Trinajstić information content (AvgIpc) is 2.07. The van der Waals surface area contributed by atoms with Gasteiger partial charge in [0.05, 0.1) is 34.2 Å². The van der Waals surface area contributed by atoms with E-state index in [0.29, 0.717) is 6.61 Å². The van der Waals surface area contributed by atoms with E-state index in [4.69, 9.17) is 9.84 Å². The number of hydrogen-bond acceptors (Lipinski definition) is 3. The number of carbonyl (C=O) groups excluding carboxylic acids is 1. The highest BCUT2D eigenvalue weighted by Crippen LogP contribution is 1.93. The highest BCUT2D eigenvalue weighted by molar-refractivity contribution is 5.83. The van der Waals surface area contributed by atoms with Crippen LogP contribution in [0.1, 0.15) is 12.8 Å². The van der Waals surface area contributed by atoms with Crippen molar-refractivity contribution in [2.75, 3.05) is 40.9 Å². The molecule has 0 radical (unpaired) electrons. The van der Waals surface area contributed by atoms with Crippen molar-refractivity contribution in [3.63, 3.8) is 0 Å². The summed E-state index contributed by atoms with van der Waals surface area (Å²) in [6, 6.07) is 0. The van der Waals surface area contributed by atoms with Crippen molar-refractivity contribution >= 4 is 11.8 Å². The fourth-order valence-electron chi connectivity index (χ4n) is 0.843. The Labute approximate surface area is 102 Å². The largest absolute Gasteiger partial charge is 1.00 e. The molecule has 0 atom stereocenters. The van der Waals surface area contributed by atoms with E-state index in [-0.39, 0.29) is 37.6 Å². The summed E-state index contributed by atoms with van der Waals surface area (Å²) in [5.74, 6) is -1.10. The second kappa shape index (κ2) is 8.50. The lowest BCUT2D eigenvalue weighted by molar-refractivity contribution is -0.870. The lowest BCUT2D eigenvalue weighted by atomic mass is 10.2. The number of hydrogen-bond donors (Lipinski definition) is 1. The first-order chi connectivity index (χ1) is 6.81. The summed E-state index contributed by atoms with van der Waals surface area (Å²) < 4.78 is 5.93. The predicted octanol–water partition coefficient (Wildman–Crippen LogP) is -2.85. The molecule has 0 saturated carbocycles. The van der Waals surface area contributed by atoms with Crippen LogP contribution in [-0.4, -0.2) is 62.2 Å². The molecule has 0 aliphatic carbocycles. The molecule has 0 unspecified atom stereocenters. The second-order valence-corrected chi connectivity index (χ2v) is 4.50. The highest BCUT2D eigenvalue weighted by atomic mass is 35.5. The zero-order valence-corrected chi connectivity index (χ0v) is 10.8. The van der Waals surface area contributed by atoms with Crippen molar-refractivity contribution in [2.45, 2.75) is 12.8 Å². The Balaban J connectivity index is 0. The third-order valence-corrected chi connectivity index (χ3v) is 1.79. The lowest BCUT2D eigenvalue weighted by Crippen LogP contribution is -3.00. The van der Waals surface area contributed by atoms with Crippen LogP contribution in [0, 0.1) is 0 Å². The van der Waals surface area contributed by atoms with Crippen molar-refractivity contribution in [1.29, 1.82) is 0 Å². The van der Waals surface area contributed by atoms with Gasteiger partial charge in [-0.25, -0.2) is 0 Å². The standard InChI is InChI=1S/C10H19NO4.ClH/c1-11(2,3)6-7-15-8-9(12)4-5-10(13)14;/h4-8H2,1-3H3;1H. The summed E-state index contributed by atoms with van der Waals surface area (Å²) in [4.78, 5) is 21.2. The molecule has 0 fully saturated rings. The van der Waals surface area contributed by atoms with Gasteiger partial charge in [0, 0.05) is 6.42 Å². The van der Waals surface area contributed by atoms with E-state index in [1.165, 1.54) is 0 Å². The quantitative estimate of drug-likeness (QED) is 0.374. The number of ketones is 1. The van der Waals surface area contributed by atoms with Crippen LogP contribution in [0.4, 0.5) is 0 Å². The van der Waals surface area contributed by atoms with Crippen LogP contribution in [0.15, 0.2) is 0 Å². The van der Waals surface area contributed by atoms with Crippen LogP contribution >= 0.6 is 0 Å². The normalized spacial score (nSPS) is 10.7. The monoisotopic (exact) mass is 253 g/mol. The molecule has 5 nitrogen and oxygen atoms in total. The number of likely N-dealkylation sites (N-methyl/N-ethyl adjacent to an activating group) is 1. The molecule has 0 aromatic heterocycles. The first-order valence-corrected chi connectivity index (χ1v) is 4.93. The van der Waals surface area contributed by atoms with Gasteiger partial charge in [0.15, 0.2) is 5.78 Å². The van der Waals surface area contributed by atoms with E-state index < -0.39 is 5.97 Å². The van der Waals surface area contributed by atoms with Crippen LogP contribution in [0.2, 0.25) is 0 Å². The second-order valence-electron chi connectivity index (χ2n) is 4.50. The zero-order valence-electron chi connectivity index (χ0n) is 10.0. The number of rotatable bonds is 8. The average molecular weight is 254 g/mol. The van der Waals surface area contributed by atoms with Crippen molar-refractivity contribution in [2.24, 2.45) is 0 Å². The van der Waals surface area contributed by atoms with E-state index in [2.05, 4.69) is 0 Å². The van der Waals surface area contributed by atoms with Crippen LogP contribution in [0.25, 0.3) is 0 Å². The Morgan fingerprint density at radius 1 is 1.19 bits per heavy atom. The third-order valence-electron chi connectivity index (χ3n) is 1.79. The summed E-state index contributed by atoms with van der Waals surface area (Å²) in [5.41, 5.74) is 0. The Morgan fingerprint density at radius 3 is 2.19 bits per heavy atom. The van der Waals surface area contributed by atoms with Gasteiger partial charge in [0.25, 0.3) is 0 Å². The number of halogens is 1. The summed E-state index contributed by atoms with van der Waals surface area (Å²) in [6.07, 6.45) is -0.0583. The first-order valence-electron chi connectivity index (χ1n) is 4.93. The predicted molar refractivity (Wildman–Crippen MR) is 55.6 cm³/mol. The molecule has 96 valence electrons. The minimum Gasteiger partial charge on any atom is -1.00 e. The topological polar surface area (TPSA) is 63.6 Å². The van der Waals surface area contributed by atoms with Crippen LogP contribution in [0.5, 0.6) is 0 Å². The number of carbonyl (C=O) groups is 2. The van der Waals surface area contributed by atoms with Crippen molar-refractivity contribution < 1.29 is 36.3 Å². The molecule has 0 rings (SSSR count). The Kier molecular flexibility index (Phi) is 9.42. The number of Topliss-reactive ketones (excluding diaryl/α,β-unsaturated/α-hetero) is 1. The summed E-state index contributed by atoms with van der Waals surface area (Å²) in [5, 5.41) is 8.35. The van der Waals surface area contributed by atoms with Gasteiger partial charge in [-0.2, -0.15) is 0 Å².